The first kappa shape index (κ1) is 12.0. The van der Waals surface area contributed by atoms with E-state index in [9.17, 15) is 13.2 Å². The molecule has 0 atom stereocenters. The monoisotopic (exact) mass is 245 g/mol. The average Bonchev–Trinajstić information content (AvgIpc) is 2.92. The topological polar surface area (TPSA) is 50.9 Å². The van der Waals surface area contributed by atoms with Crippen LogP contribution in [0, 0.1) is 5.41 Å². The molecule has 94 valence electrons. The molecule has 3 nitrogen and oxygen atoms in total. The maximum atomic E-state index is 12.5. The van der Waals surface area contributed by atoms with E-state index in [0.29, 0.717) is 6.54 Å². The SMILES string of the molecule is CC1(CNc2cc(C(F)(F)F)cc(N)n2)CC1. The summed E-state index contributed by atoms with van der Waals surface area (Å²) in [5.41, 5.74) is 4.79. The zero-order chi connectivity index (χ0) is 12.7. The number of nitrogens with one attached hydrogen (secondary N) is 1. The molecule has 1 aliphatic carbocycles. The van der Waals surface area contributed by atoms with Crippen LogP contribution >= 0.6 is 0 Å². The van der Waals surface area contributed by atoms with Crippen LogP contribution in [0.3, 0.4) is 0 Å². The molecule has 0 radical (unpaired) electrons. The number of halogens is 3. The number of nitrogen functional groups attached to an aromatic ring is 1. The van der Waals surface area contributed by atoms with E-state index in [-0.39, 0.29) is 17.1 Å². The summed E-state index contributed by atoms with van der Waals surface area (Å²) in [5, 5.41) is 2.91. The number of anilines is 2. The molecule has 1 aromatic rings. The smallest absolute Gasteiger partial charge is 0.384 e. The number of rotatable bonds is 3. The van der Waals surface area contributed by atoms with Gasteiger partial charge in [-0.2, -0.15) is 13.2 Å². The van der Waals surface area contributed by atoms with Gasteiger partial charge in [0, 0.05) is 6.54 Å². The minimum absolute atomic E-state index is 0.122. The van der Waals surface area contributed by atoms with Crippen molar-refractivity contribution in [3.05, 3.63) is 17.7 Å². The van der Waals surface area contributed by atoms with Crippen molar-refractivity contribution in [1.29, 1.82) is 0 Å². The Morgan fingerprint density at radius 1 is 1.41 bits per heavy atom. The van der Waals surface area contributed by atoms with Crippen molar-refractivity contribution in [2.75, 3.05) is 17.6 Å². The lowest BCUT2D eigenvalue weighted by atomic mass is 10.1. The molecule has 3 N–H and O–H groups in total. The summed E-state index contributed by atoms with van der Waals surface area (Å²) >= 11 is 0. The summed E-state index contributed by atoms with van der Waals surface area (Å²) in [6, 6.07) is 1.83. The van der Waals surface area contributed by atoms with Gasteiger partial charge in [0.05, 0.1) is 5.56 Å². The molecular weight excluding hydrogens is 231 g/mol. The Hall–Kier alpha value is -1.46. The highest BCUT2D eigenvalue weighted by Gasteiger charge is 2.37. The van der Waals surface area contributed by atoms with E-state index >= 15 is 0 Å². The number of aromatic nitrogens is 1. The number of hydrogen-bond acceptors (Lipinski definition) is 3. The molecule has 2 rings (SSSR count). The van der Waals surface area contributed by atoms with Crippen LogP contribution in [-0.4, -0.2) is 11.5 Å². The number of hydrogen-bond donors (Lipinski definition) is 2. The third-order valence-electron chi connectivity index (χ3n) is 2.97. The molecule has 1 heterocycles. The van der Waals surface area contributed by atoms with Crippen LogP contribution in [0.4, 0.5) is 24.8 Å². The molecule has 0 spiro atoms. The van der Waals surface area contributed by atoms with Gasteiger partial charge in [-0.1, -0.05) is 6.92 Å². The first-order valence-corrected chi connectivity index (χ1v) is 5.37. The molecule has 17 heavy (non-hydrogen) atoms. The lowest BCUT2D eigenvalue weighted by Crippen LogP contribution is -2.14. The highest BCUT2D eigenvalue weighted by Crippen LogP contribution is 2.44. The molecule has 0 aliphatic heterocycles. The summed E-state index contributed by atoms with van der Waals surface area (Å²) in [6.45, 7) is 2.71. The maximum Gasteiger partial charge on any atom is 0.416 e. The molecule has 0 unspecified atom stereocenters. The van der Waals surface area contributed by atoms with Crippen LogP contribution in [0.25, 0.3) is 0 Å². The second-order valence-electron chi connectivity index (χ2n) is 4.83. The molecule has 1 fully saturated rings. The molecule has 6 heteroatoms. The predicted octanol–water partition coefficient (Wildman–Crippen LogP) is 2.89. The van der Waals surface area contributed by atoms with Crippen LogP contribution in [-0.2, 0) is 6.18 Å². The van der Waals surface area contributed by atoms with Crippen molar-refractivity contribution < 1.29 is 13.2 Å². The Morgan fingerprint density at radius 2 is 2.06 bits per heavy atom. The van der Waals surface area contributed by atoms with E-state index in [1.807, 2.05) is 0 Å². The van der Waals surface area contributed by atoms with Gasteiger partial charge >= 0.3 is 6.18 Å². The van der Waals surface area contributed by atoms with Gasteiger partial charge in [-0.05, 0) is 30.4 Å². The van der Waals surface area contributed by atoms with Crippen molar-refractivity contribution in [2.45, 2.75) is 25.9 Å². The third-order valence-corrected chi connectivity index (χ3v) is 2.97. The van der Waals surface area contributed by atoms with Crippen molar-refractivity contribution in [1.82, 2.24) is 4.98 Å². The zero-order valence-electron chi connectivity index (χ0n) is 9.43. The van der Waals surface area contributed by atoms with Crippen LogP contribution in [0.5, 0.6) is 0 Å². The highest BCUT2D eigenvalue weighted by molar-refractivity contribution is 5.47. The predicted molar refractivity (Wildman–Crippen MR) is 59.5 cm³/mol. The van der Waals surface area contributed by atoms with E-state index in [1.54, 1.807) is 0 Å². The summed E-state index contributed by atoms with van der Waals surface area (Å²) < 4.78 is 37.6. The van der Waals surface area contributed by atoms with Crippen LogP contribution < -0.4 is 11.1 Å². The molecule has 0 saturated heterocycles. The Labute approximate surface area is 97.2 Å². The van der Waals surface area contributed by atoms with Gasteiger partial charge in [0.25, 0.3) is 0 Å². The fourth-order valence-electron chi connectivity index (χ4n) is 1.50. The lowest BCUT2D eigenvalue weighted by molar-refractivity contribution is -0.137. The van der Waals surface area contributed by atoms with Gasteiger partial charge < -0.3 is 11.1 Å². The molecule has 1 aromatic heterocycles. The molecule has 1 saturated carbocycles. The Bertz CT molecular complexity index is 424. The van der Waals surface area contributed by atoms with Crippen molar-refractivity contribution in [2.24, 2.45) is 5.41 Å². The normalized spacial score (nSPS) is 17.9. The Kier molecular flexibility index (Phi) is 2.67. The summed E-state index contributed by atoms with van der Waals surface area (Å²) in [5.74, 6) is 0.0636. The molecule has 0 bridgehead atoms. The fraction of sp³-hybridized carbons (Fsp3) is 0.545. The lowest BCUT2D eigenvalue weighted by Gasteiger charge is -2.13. The van der Waals surface area contributed by atoms with Gasteiger partial charge in [-0.15, -0.1) is 0 Å². The Balaban J connectivity index is 2.14. The van der Waals surface area contributed by atoms with E-state index in [0.717, 1.165) is 25.0 Å². The standard InChI is InChI=1S/C11H14F3N3/c1-10(2-3-10)6-16-9-5-7(11(12,13)14)4-8(15)17-9/h4-5H,2-3,6H2,1H3,(H3,15,16,17). The molecular formula is C11H14F3N3. The number of nitrogens with zero attached hydrogens (tertiary/aromatic N) is 1. The average molecular weight is 245 g/mol. The second kappa shape index (κ2) is 3.78. The first-order valence-electron chi connectivity index (χ1n) is 5.37. The van der Waals surface area contributed by atoms with Gasteiger partial charge in [0.15, 0.2) is 0 Å². The van der Waals surface area contributed by atoms with Crippen molar-refractivity contribution in [3.8, 4) is 0 Å². The number of pyridine rings is 1. The molecule has 0 aromatic carbocycles. The maximum absolute atomic E-state index is 12.5. The van der Waals surface area contributed by atoms with Gasteiger partial charge in [-0.3, -0.25) is 0 Å². The molecule has 0 amide bonds. The number of alkyl halides is 3. The van der Waals surface area contributed by atoms with Gasteiger partial charge in [0.1, 0.15) is 11.6 Å². The van der Waals surface area contributed by atoms with Crippen molar-refractivity contribution in [3.63, 3.8) is 0 Å². The number of nitrogens with two attached hydrogens (primary N) is 1. The van der Waals surface area contributed by atoms with Crippen LogP contribution in [0.1, 0.15) is 25.3 Å². The minimum atomic E-state index is -4.39. The van der Waals surface area contributed by atoms with Crippen molar-refractivity contribution >= 4 is 11.6 Å². The minimum Gasteiger partial charge on any atom is -0.384 e. The van der Waals surface area contributed by atoms with E-state index in [4.69, 9.17) is 5.73 Å². The Morgan fingerprint density at radius 3 is 2.59 bits per heavy atom. The summed E-state index contributed by atoms with van der Waals surface area (Å²) in [7, 11) is 0. The largest absolute Gasteiger partial charge is 0.416 e. The quantitative estimate of drug-likeness (QED) is 0.860. The fourth-order valence-corrected chi connectivity index (χ4v) is 1.50. The van der Waals surface area contributed by atoms with Crippen LogP contribution in [0.15, 0.2) is 12.1 Å². The summed E-state index contributed by atoms with van der Waals surface area (Å²) in [4.78, 5) is 3.84. The van der Waals surface area contributed by atoms with Gasteiger partial charge in [-0.25, -0.2) is 4.98 Å². The molecule has 1 aliphatic rings. The zero-order valence-corrected chi connectivity index (χ0v) is 9.43. The van der Waals surface area contributed by atoms with Gasteiger partial charge in [0.2, 0.25) is 0 Å². The first-order chi connectivity index (χ1) is 7.78. The van der Waals surface area contributed by atoms with E-state index in [2.05, 4.69) is 17.2 Å². The van der Waals surface area contributed by atoms with E-state index in [1.165, 1.54) is 0 Å². The third kappa shape index (κ3) is 3.01. The second-order valence-corrected chi connectivity index (χ2v) is 4.83. The van der Waals surface area contributed by atoms with E-state index < -0.39 is 11.7 Å². The summed E-state index contributed by atoms with van der Waals surface area (Å²) in [6.07, 6.45) is -2.21. The highest BCUT2D eigenvalue weighted by atomic mass is 19.4. The van der Waals surface area contributed by atoms with Crippen LogP contribution in [0.2, 0.25) is 0 Å².